The average molecular weight is 328 g/mol. The molecule has 0 saturated carbocycles. The summed E-state index contributed by atoms with van der Waals surface area (Å²) in [5.74, 6) is -1.88. The quantitative estimate of drug-likeness (QED) is 0.612. The molecule has 1 aromatic rings. The monoisotopic (exact) mass is 326 g/mol. The van der Waals surface area contributed by atoms with Crippen molar-refractivity contribution < 1.29 is 18.3 Å². The summed E-state index contributed by atoms with van der Waals surface area (Å²) in [6.07, 6.45) is -0.258. The zero-order valence-corrected chi connectivity index (χ0v) is 11.1. The summed E-state index contributed by atoms with van der Waals surface area (Å²) in [5, 5.41) is 0.167. The highest BCUT2D eigenvalue weighted by Gasteiger charge is 2.27. The zero-order valence-electron chi connectivity index (χ0n) is 8.76. The molecular weight excluding hydrogens is 317 g/mol. The van der Waals surface area contributed by atoms with Gasteiger partial charge in [0.1, 0.15) is 0 Å². The van der Waals surface area contributed by atoms with Crippen LogP contribution in [0.25, 0.3) is 0 Å². The van der Waals surface area contributed by atoms with Gasteiger partial charge in [0.2, 0.25) is 0 Å². The molecule has 1 heterocycles. The van der Waals surface area contributed by atoms with Crippen LogP contribution in [0.15, 0.2) is 12.1 Å². The molecule has 0 radical (unpaired) electrons. The summed E-state index contributed by atoms with van der Waals surface area (Å²) in [7, 11) is 0. The molecule has 2 nitrogen and oxygen atoms in total. The van der Waals surface area contributed by atoms with Gasteiger partial charge in [-0.25, -0.2) is 8.78 Å². The maximum atomic E-state index is 13.2. The number of halogens is 4. The van der Waals surface area contributed by atoms with E-state index < -0.39 is 11.6 Å². The molecule has 6 heteroatoms. The summed E-state index contributed by atoms with van der Waals surface area (Å²) in [6.45, 7) is 1.42. The van der Waals surface area contributed by atoms with Crippen LogP contribution in [0.3, 0.4) is 0 Å². The Hall–Kier alpha value is -0.230. The van der Waals surface area contributed by atoms with Crippen LogP contribution in [0.5, 0.6) is 0 Å². The van der Waals surface area contributed by atoms with E-state index in [1.807, 2.05) is 0 Å². The standard InChI is InChI=1S/C11H10BrClF2O2/c12-11(10-5-16-1-2-17-10)6-3-8(14)9(15)4-7(6)13/h3-4,10-11H,1-2,5H2. The Bertz CT molecular complexity index is 411. The lowest BCUT2D eigenvalue weighted by Gasteiger charge is -2.27. The highest BCUT2D eigenvalue weighted by Crippen LogP contribution is 2.35. The molecular formula is C11H10BrClF2O2. The summed E-state index contributed by atoms with van der Waals surface area (Å²) < 4.78 is 36.8. The van der Waals surface area contributed by atoms with Crippen molar-refractivity contribution in [1.29, 1.82) is 0 Å². The van der Waals surface area contributed by atoms with Gasteiger partial charge >= 0.3 is 0 Å². The van der Waals surface area contributed by atoms with Crippen molar-refractivity contribution in [3.63, 3.8) is 0 Å². The van der Waals surface area contributed by atoms with Crippen LogP contribution in [0.2, 0.25) is 5.02 Å². The molecule has 2 atom stereocenters. The Morgan fingerprint density at radius 2 is 2.00 bits per heavy atom. The fourth-order valence-corrected chi connectivity index (χ4v) is 2.71. The van der Waals surface area contributed by atoms with E-state index in [0.29, 0.717) is 25.4 Å². The molecule has 1 saturated heterocycles. The van der Waals surface area contributed by atoms with E-state index in [4.69, 9.17) is 21.1 Å². The van der Waals surface area contributed by atoms with Gasteiger partial charge in [-0.1, -0.05) is 27.5 Å². The molecule has 1 aliphatic heterocycles. The van der Waals surface area contributed by atoms with Crippen molar-refractivity contribution in [3.05, 3.63) is 34.4 Å². The van der Waals surface area contributed by atoms with Crippen molar-refractivity contribution in [2.45, 2.75) is 10.9 Å². The Labute approximate surface area is 111 Å². The third kappa shape index (κ3) is 2.96. The Morgan fingerprint density at radius 3 is 2.65 bits per heavy atom. The van der Waals surface area contributed by atoms with Crippen molar-refractivity contribution in [3.8, 4) is 0 Å². The third-order valence-electron chi connectivity index (χ3n) is 2.50. The largest absolute Gasteiger partial charge is 0.376 e. The van der Waals surface area contributed by atoms with Crippen LogP contribution < -0.4 is 0 Å². The molecule has 0 aliphatic carbocycles. The van der Waals surface area contributed by atoms with E-state index in [1.165, 1.54) is 0 Å². The first-order valence-electron chi connectivity index (χ1n) is 5.07. The number of benzene rings is 1. The van der Waals surface area contributed by atoms with Crippen LogP contribution in [0.1, 0.15) is 10.4 Å². The van der Waals surface area contributed by atoms with E-state index in [2.05, 4.69) is 15.9 Å². The van der Waals surface area contributed by atoms with Gasteiger partial charge in [-0.15, -0.1) is 0 Å². The van der Waals surface area contributed by atoms with Gasteiger partial charge in [-0.2, -0.15) is 0 Å². The summed E-state index contributed by atoms with van der Waals surface area (Å²) in [6, 6.07) is 2.04. The summed E-state index contributed by atoms with van der Waals surface area (Å²) in [4.78, 5) is -0.328. The molecule has 2 rings (SSSR count). The number of hydrogen-bond acceptors (Lipinski definition) is 2. The van der Waals surface area contributed by atoms with Crippen LogP contribution in [0, 0.1) is 11.6 Å². The third-order valence-corrected chi connectivity index (χ3v) is 3.92. The number of rotatable bonds is 2. The first-order valence-corrected chi connectivity index (χ1v) is 6.37. The first-order chi connectivity index (χ1) is 8.09. The second-order valence-corrected chi connectivity index (χ2v) is 5.07. The second-order valence-electron chi connectivity index (χ2n) is 3.67. The lowest BCUT2D eigenvalue weighted by atomic mass is 10.1. The summed E-state index contributed by atoms with van der Waals surface area (Å²) >= 11 is 9.26. The molecule has 0 aromatic heterocycles. The Morgan fingerprint density at radius 1 is 1.29 bits per heavy atom. The smallest absolute Gasteiger partial charge is 0.160 e. The minimum absolute atomic E-state index is 0.167. The Kier molecular flexibility index (Phi) is 4.36. The lowest BCUT2D eigenvalue weighted by Crippen LogP contribution is -2.31. The van der Waals surface area contributed by atoms with Gasteiger partial charge < -0.3 is 9.47 Å². The number of alkyl halides is 1. The minimum atomic E-state index is -0.959. The molecule has 1 fully saturated rings. The predicted molar refractivity (Wildman–Crippen MR) is 63.6 cm³/mol. The molecule has 0 bridgehead atoms. The topological polar surface area (TPSA) is 18.5 Å². The summed E-state index contributed by atoms with van der Waals surface area (Å²) in [5.41, 5.74) is 0.459. The normalized spacial score (nSPS) is 22.5. The van der Waals surface area contributed by atoms with Gasteiger partial charge in [0.05, 0.1) is 30.8 Å². The molecule has 2 unspecified atom stereocenters. The van der Waals surface area contributed by atoms with Gasteiger partial charge in [0.25, 0.3) is 0 Å². The maximum absolute atomic E-state index is 13.2. The number of ether oxygens (including phenoxy) is 2. The van der Waals surface area contributed by atoms with Crippen LogP contribution in [0.4, 0.5) is 8.78 Å². The second kappa shape index (κ2) is 5.61. The highest BCUT2D eigenvalue weighted by molar-refractivity contribution is 9.09. The fourth-order valence-electron chi connectivity index (χ4n) is 1.62. The van der Waals surface area contributed by atoms with Crippen LogP contribution in [-0.4, -0.2) is 25.9 Å². The molecule has 0 spiro atoms. The van der Waals surface area contributed by atoms with Gasteiger partial charge in [0.15, 0.2) is 11.6 Å². The van der Waals surface area contributed by atoms with Crippen LogP contribution in [-0.2, 0) is 9.47 Å². The lowest BCUT2D eigenvalue weighted by molar-refractivity contribution is -0.0876. The van der Waals surface area contributed by atoms with Crippen molar-refractivity contribution in [1.82, 2.24) is 0 Å². The molecule has 0 N–H and O–H groups in total. The average Bonchev–Trinajstić information content (AvgIpc) is 2.34. The molecule has 0 amide bonds. The molecule has 94 valence electrons. The van der Waals surface area contributed by atoms with Gasteiger partial charge in [-0.05, 0) is 17.7 Å². The highest BCUT2D eigenvalue weighted by atomic mass is 79.9. The predicted octanol–water partition coefficient (Wildman–Crippen LogP) is 3.47. The molecule has 1 aliphatic rings. The van der Waals surface area contributed by atoms with E-state index in [1.54, 1.807) is 0 Å². The van der Waals surface area contributed by atoms with E-state index in [9.17, 15) is 8.78 Å². The van der Waals surface area contributed by atoms with Crippen molar-refractivity contribution >= 4 is 27.5 Å². The Balaban J connectivity index is 2.23. The molecule has 17 heavy (non-hydrogen) atoms. The van der Waals surface area contributed by atoms with Gasteiger partial charge in [0, 0.05) is 5.02 Å². The molecule has 1 aromatic carbocycles. The number of hydrogen-bond donors (Lipinski definition) is 0. The van der Waals surface area contributed by atoms with Gasteiger partial charge in [-0.3, -0.25) is 0 Å². The minimum Gasteiger partial charge on any atom is -0.376 e. The first kappa shape index (κ1) is 13.2. The van der Waals surface area contributed by atoms with Crippen LogP contribution >= 0.6 is 27.5 Å². The fraction of sp³-hybridized carbons (Fsp3) is 0.455. The van der Waals surface area contributed by atoms with E-state index in [-0.39, 0.29) is 16.0 Å². The SMILES string of the molecule is Fc1cc(Cl)c(C(Br)C2COCCO2)cc1F. The van der Waals surface area contributed by atoms with E-state index >= 15 is 0 Å². The van der Waals surface area contributed by atoms with Crippen molar-refractivity contribution in [2.24, 2.45) is 0 Å². The van der Waals surface area contributed by atoms with Crippen molar-refractivity contribution in [2.75, 3.05) is 19.8 Å². The van der Waals surface area contributed by atoms with E-state index in [0.717, 1.165) is 12.1 Å². The maximum Gasteiger partial charge on any atom is 0.160 e. The zero-order chi connectivity index (χ0) is 12.4.